The molecule has 0 heterocycles. The van der Waals surface area contributed by atoms with E-state index in [9.17, 15) is 8.42 Å². The van der Waals surface area contributed by atoms with Crippen LogP contribution in [0.4, 0.5) is 0 Å². The van der Waals surface area contributed by atoms with Gasteiger partial charge < -0.3 is 10.2 Å². The van der Waals surface area contributed by atoms with E-state index in [1.807, 2.05) is 0 Å². The second-order valence-electron chi connectivity index (χ2n) is 3.68. The minimum atomic E-state index is -2.81. The van der Waals surface area contributed by atoms with Gasteiger partial charge in [-0.2, -0.15) is 0 Å². The maximum absolute atomic E-state index is 10.8. The molecule has 0 aromatic carbocycles. The molecule has 0 saturated carbocycles. The Morgan fingerprint density at radius 3 is 2.36 bits per heavy atom. The molecule has 0 spiro atoms. The molecule has 0 unspecified atom stereocenters. The fraction of sp³-hybridized carbons (Fsp3) is 1.00. The highest BCUT2D eigenvalue weighted by atomic mass is 32.2. The molecule has 0 fully saturated rings. The summed E-state index contributed by atoms with van der Waals surface area (Å²) in [5, 5.41) is 3.11. The van der Waals surface area contributed by atoms with Crippen LogP contribution in [0.15, 0.2) is 0 Å². The van der Waals surface area contributed by atoms with E-state index in [0.29, 0.717) is 6.54 Å². The number of rotatable bonds is 8. The fourth-order valence-electron chi connectivity index (χ4n) is 1.15. The summed E-state index contributed by atoms with van der Waals surface area (Å²) in [4.78, 5) is 2.23. The van der Waals surface area contributed by atoms with Gasteiger partial charge in [0.25, 0.3) is 0 Å². The highest BCUT2D eigenvalue weighted by Crippen LogP contribution is 1.84. The van der Waals surface area contributed by atoms with Gasteiger partial charge in [-0.05, 0) is 20.0 Å². The van der Waals surface area contributed by atoms with Crippen LogP contribution in [0.1, 0.15) is 13.3 Å². The standard InChI is InChI=1S/C9H22N2O2S/c1-4-7-11(2)8-5-10-6-9-14(3,12)13/h10H,4-9H2,1-3H3. The average Bonchev–Trinajstić information content (AvgIpc) is 2.02. The van der Waals surface area contributed by atoms with Gasteiger partial charge in [0.1, 0.15) is 9.84 Å². The monoisotopic (exact) mass is 222 g/mol. The summed E-state index contributed by atoms with van der Waals surface area (Å²) in [6.45, 7) is 5.61. The minimum Gasteiger partial charge on any atom is -0.314 e. The van der Waals surface area contributed by atoms with Gasteiger partial charge in [0.15, 0.2) is 0 Å². The summed E-state index contributed by atoms with van der Waals surface area (Å²) in [5.41, 5.74) is 0. The molecule has 0 aromatic heterocycles. The lowest BCUT2D eigenvalue weighted by molar-refractivity contribution is 0.333. The average molecular weight is 222 g/mol. The van der Waals surface area contributed by atoms with Gasteiger partial charge in [0.05, 0.1) is 5.75 Å². The Morgan fingerprint density at radius 1 is 1.21 bits per heavy atom. The Hall–Kier alpha value is -0.130. The van der Waals surface area contributed by atoms with Crippen molar-refractivity contribution in [2.75, 3.05) is 45.2 Å². The van der Waals surface area contributed by atoms with Crippen LogP contribution in [0.2, 0.25) is 0 Å². The maximum Gasteiger partial charge on any atom is 0.148 e. The Kier molecular flexibility index (Phi) is 7.13. The predicted molar refractivity (Wildman–Crippen MR) is 60.4 cm³/mol. The largest absolute Gasteiger partial charge is 0.314 e. The van der Waals surface area contributed by atoms with E-state index in [2.05, 4.69) is 24.2 Å². The van der Waals surface area contributed by atoms with E-state index in [1.54, 1.807) is 0 Å². The highest BCUT2D eigenvalue weighted by Gasteiger charge is 2.00. The van der Waals surface area contributed by atoms with Crippen molar-refractivity contribution in [3.8, 4) is 0 Å². The van der Waals surface area contributed by atoms with Crippen molar-refractivity contribution in [1.82, 2.24) is 10.2 Å². The molecule has 0 radical (unpaired) electrons. The van der Waals surface area contributed by atoms with Crippen molar-refractivity contribution in [2.24, 2.45) is 0 Å². The summed E-state index contributed by atoms with van der Waals surface area (Å²) < 4.78 is 21.6. The zero-order chi connectivity index (χ0) is 11.0. The Morgan fingerprint density at radius 2 is 1.86 bits per heavy atom. The van der Waals surface area contributed by atoms with Gasteiger partial charge in [-0.15, -0.1) is 0 Å². The Balaban J connectivity index is 3.30. The summed E-state index contributed by atoms with van der Waals surface area (Å²) in [7, 11) is -0.740. The summed E-state index contributed by atoms with van der Waals surface area (Å²) in [6.07, 6.45) is 2.41. The molecule has 0 amide bonds. The third kappa shape index (κ3) is 9.95. The molecule has 5 heteroatoms. The van der Waals surface area contributed by atoms with Gasteiger partial charge >= 0.3 is 0 Å². The maximum atomic E-state index is 10.8. The Bertz CT molecular complexity index is 227. The summed E-state index contributed by atoms with van der Waals surface area (Å²) in [6, 6.07) is 0. The van der Waals surface area contributed by atoms with Crippen LogP contribution in [-0.4, -0.2) is 58.6 Å². The predicted octanol–water partition coefficient (Wildman–Crippen LogP) is -0.0376. The lowest BCUT2D eigenvalue weighted by Crippen LogP contribution is -2.32. The lowest BCUT2D eigenvalue weighted by atomic mass is 10.4. The molecule has 0 aliphatic carbocycles. The van der Waals surface area contributed by atoms with E-state index in [4.69, 9.17) is 0 Å². The van der Waals surface area contributed by atoms with Crippen LogP contribution in [-0.2, 0) is 9.84 Å². The molecule has 0 atom stereocenters. The smallest absolute Gasteiger partial charge is 0.148 e. The SMILES string of the molecule is CCCN(C)CCNCCS(C)(=O)=O. The van der Waals surface area contributed by atoms with Gasteiger partial charge in [-0.1, -0.05) is 6.92 Å². The normalized spacial score (nSPS) is 12.3. The third-order valence-electron chi connectivity index (χ3n) is 1.93. The molecule has 4 nitrogen and oxygen atoms in total. The van der Waals surface area contributed by atoms with E-state index >= 15 is 0 Å². The summed E-state index contributed by atoms with van der Waals surface area (Å²) in [5.74, 6) is 0.227. The van der Waals surface area contributed by atoms with Gasteiger partial charge in [-0.25, -0.2) is 8.42 Å². The van der Waals surface area contributed by atoms with E-state index in [1.165, 1.54) is 6.26 Å². The van der Waals surface area contributed by atoms with Crippen LogP contribution < -0.4 is 5.32 Å². The van der Waals surface area contributed by atoms with Crippen LogP contribution in [0, 0.1) is 0 Å². The van der Waals surface area contributed by atoms with Crippen molar-refractivity contribution in [3.05, 3.63) is 0 Å². The molecule has 0 bridgehead atoms. The van der Waals surface area contributed by atoms with Crippen LogP contribution in [0.3, 0.4) is 0 Å². The van der Waals surface area contributed by atoms with Gasteiger partial charge in [0.2, 0.25) is 0 Å². The minimum absolute atomic E-state index is 0.227. The second kappa shape index (κ2) is 7.20. The van der Waals surface area contributed by atoms with Crippen LogP contribution >= 0.6 is 0 Å². The molecular weight excluding hydrogens is 200 g/mol. The third-order valence-corrected chi connectivity index (χ3v) is 2.87. The highest BCUT2D eigenvalue weighted by molar-refractivity contribution is 7.90. The van der Waals surface area contributed by atoms with Crippen molar-refractivity contribution in [1.29, 1.82) is 0 Å². The molecular formula is C9H22N2O2S. The van der Waals surface area contributed by atoms with Crippen molar-refractivity contribution in [3.63, 3.8) is 0 Å². The van der Waals surface area contributed by atoms with Gasteiger partial charge in [-0.3, -0.25) is 0 Å². The number of nitrogens with one attached hydrogen (secondary N) is 1. The summed E-state index contributed by atoms with van der Waals surface area (Å²) >= 11 is 0. The number of likely N-dealkylation sites (N-methyl/N-ethyl adjacent to an activating group) is 1. The molecule has 0 aromatic rings. The first kappa shape index (κ1) is 13.9. The van der Waals surface area contributed by atoms with Crippen LogP contribution in [0.25, 0.3) is 0 Å². The number of hydrogen-bond acceptors (Lipinski definition) is 4. The van der Waals surface area contributed by atoms with E-state index < -0.39 is 9.84 Å². The first-order valence-electron chi connectivity index (χ1n) is 5.02. The molecule has 0 aliphatic rings. The Labute approximate surface area is 87.6 Å². The first-order chi connectivity index (χ1) is 6.45. The van der Waals surface area contributed by atoms with Gasteiger partial charge in [0, 0.05) is 25.9 Å². The molecule has 14 heavy (non-hydrogen) atoms. The number of hydrogen-bond donors (Lipinski definition) is 1. The lowest BCUT2D eigenvalue weighted by Gasteiger charge is -2.15. The van der Waals surface area contributed by atoms with Crippen molar-refractivity contribution >= 4 is 9.84 Å². The van der Waals surface area contributed by atoms with E-state index in [-0.39, 0.29) is 5.75 Å². The van der Waals surface area contributed by atoms with Crippen molar-refractivity contribution in [2.45, 2.75) is 13.3 Å². The van der Waals surface area contributed by atoms with E-state index in [0.717, 1.165) is 26.1 Å². The van der Waals surface area contributed by atoms with Crippen molar-refractivity contribution < 1.29 is 8.42 Å². The molecule has 0 rings (SSSR count). The zero-order valence-corrected chi connectivity index (χ0v) is 10.2. The topological polar surface area (TPSA) is 49.4 Å². The zero-order valence-electron chi connectivity index (χ0n) is 9.41. The quantitative estimate of drug-likeness (QED) is 0.586. The number of sulfone groups is 1. The number of nitrogens with zero attached hydrogens (tertiary/aromatic N) is 1. The fourth-order valence-corrected chi connectivity index (χ4v) is 1.66. The molecule has 0 saturated heterocycles. The second-order valence-corrected chi connectivity index (χ2v) is 5.94. The first-order valence-corrected chi connectivity index (χ1v) is 7.08. The molecule has 1 N–H and O–H groups in total. The van der Waals surface area contributed by atoms with Crippen LogP contribution in [0.5, 0.6) is 0 Å². The molecule has 86 valence electrons. The molecule has 0 aliphatic heterocycles.